The number of ether oxygens (including phenoxy) is 1. The number of halogens is 1. The molecule has 6 heteroatoms. The Bertz CT molecular complexity index is 734. The van der Waals surface area contributed by atoms with Crippen LogP contribution in [0.3, 0.4) is 0 Å². The van der Waals surface area contributed by atoms with Crippen LogP contribution in [0.1, 0.15) is 45.6 Å². The van der Waals surface area contributed by atoms with E-state index >= 15 is 0 Å². The number of carbonyl (C=O) groups is 2. The Balaban J connectivity index is 1.99. The van der Waals surface area contributed by atoms with E-state index < -0.39 is 0 Å². The maximum atomic E-state index is 13.4. The van der Waals surface area contributed by atoms with Gasteiger partial charge in [-0.1, -0.05) is 31.9 Å². The Labute approximate surface area is 159 Å². The molecule has 0 aliphatic carbocycles. The predicted octanol–water partition coefficient (Wildman–Crippen LogP) is 3.21. The van der Waals surface area contributed by atoms with Crippen LogP contribution in [-0.2, 0) is 14.3 Å². The smallest absolute Gasteiger partial charge is 0.277 e. The maximum Gasteiger partial charge on any atom is 0.277 e. The zero-order valence-electron chi connectivity index (χ0n) is 16.2. The lowest BCUT2D eigenvalue weighted by molar-refractivity contribution is -0.138. The van der Waals surface area contributed by atoms with Crippen LogP contribution in [-0.4, -0.2) is 53.5 Å². The Morgan fingerprint density at radius 2 is 1.67 bits per heavy atom. The first-order valence-electron chi connectivity index (χ1n) is 9.69. The zero-order chi connectivity index (χ0) is 19.6. The van der Waals surface area contributed by atoms with Crippen molar-refractivity contribution in [2.45, 2.75) is 52.2 Å². The van der Waals surface area contributed by atoms with Crippen molar-refractivity contribution < 1.29 is 18.7 Å². The molecule has 1 fully saturated rings. The summed E-state index contributed by atoms with van der Waals surface area (Å²) in [5.74, 6) is -0.910. The van der Waals surface area contributed by atoms with E-state index in [0.29, 0.717) is 36.5 Å². The summed E-state index contributed by atoms with van der Waals surface area (Å²) in [6.45, 7) is 7.51. The molecule has 2 amide bonds. The molecular weight excluding hydrogens is 347 g/mol. The van der Waals surface area contributed by atoms with Crippen LogP contribution < -0.4 is 0 Å². The summed E-state index contributed by atoms with van der Waals surface area (Å²) in [5.41, 5.74) is 1.37. The normalized spacial score (nSPS) is 23.6. The molecule has 5 nitrogen and oxygen atoms in total. The Kier molecular flexibility index (Phi) is 5.95. The molecule has 0 bridgehead atoms. The first-order chi connectivity index (χ1) is 12.9. The second-order valence-corrected chi connectivity index (χ2v) is 7.36. The van der Waals surface area contributed by atoms with E-state index in [2.05, 4.69) is 6.92 Å². The van der Waals surface area contributed by atoms with E-state index in [1.54, 1.807) is 12.1 Å². The molecule has 146 valence electrons. The average Bonchev–Trinajstić information content (AvgIpc) is 2.86. The van der Waals surface area contributed by atoms with Gasteiger partial charge in [-0.05, 0) is 38.0 Å². The summed E-state index contributed by atoms with van der Waals surface area (Å²) in [4.78, 5) is 29.6. The highest BCUT2D eigenvalue weighted by Crippen LogP contribution is 2.33. The number of morpholine rings is 1. The number of carbonyl (C=O) groups excluding carboxylic acids is 2. The molecule has 1 saturated heterocycles. The van der Waals surface area contributed by atoms with Gasteiger partial charge < -0.3 is 9.64 Å². The molecule has 1 aromatic rings. The van der Waals surface area contributed by atoms with Crippen molar-refractivity contribution in [1.82, 2.24) is 9.80 Å². The number of hydrogen-bond acceptors (Lipinski definition) is 4. The Hall–Kier alpha value is -2.21. The first kappa shape index (κ1) is 19.5. The summed E-state index contributed by atoms with van der Waals surface area (Å²) >= 11 is 0. The van der Waals surface area contributed by atoms with Crippen LogP contribution in [0.4, 0.5) is 4.39 Å². The van der Waals surface area contributed by atoms with Crippen molar-refractivity contribution in [3.63, 3.8) is 0 Å². The van der Waals surface area contributed by atoms with E-state index in [0.717, 1.165) is 19.3 Å². The van der Waals surface area contributed by atoms with Gasteiger partial charge >= 0.3 is 0 Å². The summed E-state index contributed by atoms with van der Waals surface area (Å²) < 4.78 is 19.2. The molecule has 1 aromatic carbocycles. The van der Waals surface area contributed by atoms with E-state index in [4.69, 9.17) is 4.74 Å². The third-order valence-electron chi connectivity index (χ3n) is 5.00. The summed E-state index contributed by atoms with van der Waals surface area (Å²) in [6, 6.07) is 5.78. The number of amides is 2. The van der Waals surface area contributed by atoms with Gasteiger partial charge in [-0.25, -0.2) is 4.39 Å². The number of hydrogen-bond donors (Lipinski definition) is 0. The van der Waals surface area contributed by atoms with Crippen molar-refractivity contribution in [2.24, 2.45) is 0 Å². The fourth-order valence-corrected chi connectivity index (χ4v) is 3.82. The van der Waals surface area contributed by atoms with Crippen molar-refractivity contribution in [1.29, 1.82) is 0 Å². The topological polar surface area (TPSA) is 49.9 Å². The van der Waals surface area contributed by atoms with Gasteiger partial charge in [0.15, 0.2) is 0 Å². The quantitative estimate of drug-likeness (QED) is 0.567. The van der Waals surface area contributed by atoms with E-state index in [-0.39, 0.29) is 29.8 Å². The van der Waals surface area contributed by atoms with Crippen LogP contribution in [0, 0.1) is 5.82 Å². The zero-order valence-corrected chi connectivity index (χ0v) is 16.2. The molecular formula is C21H27FN2O3. The van der Waals surface area contributed by atoms with Gasteiger partial charge in [0.05, 0.1) is 17.8 Å². The van der Waals surface area contributed by atoms with Crippen LogP contribution in [0.2, 0.25) is 0 Å². The minimum atomic E-state index is -0.369. The van der Waals surface area contributed by atoms with Crippen LogP contribution in [0.5, 0.6) is 0 Å². The van der Waals surface area contributed by atoms with E-state index in [1.165, 1.54) is 17.0 Å². The van der Waals surface area contributed by atoms with E-state index in [1.807, 2.05) is 18.7 Å². The fraction of sp³-hybridized carbons (Fsp3) is 0.524. The van der Waals surface area contributed by atoms with Crippen molar-refractivity contribution in [3.8, 4) is 0 Å². The van der Waals surface area contributed by atoms with Crippen LogP contribution in [0.15, 0.2) is 30.0 Å². The highest BCUT2D eigenvalue weighted by atomic mass is 19.1. The van der Waals surface area contributed by atoms with E-state index in [9.17, 15) is 14.0 Å². The van der Waals surface area contributed by atoms with Crippen LogP contribution >= 0.6 is 0 Å². The Morgan fingerprint density at radius 1 is 1.04 bits per heavy atom. The van der Waals surface area contributed by atoms with Gasteiger partial charge in [-0.15, -0.1) is 0 Å². The lowest BCUT2D eigenvalue weighted by Crippen LogP contribution is -2.47. The number of benzene rings is 1. The summed E-state index contributed by atoms with van der Waals surface area (Å²) in [7, 11) is 0. The maximum absolute atomic E-state index is 13.4. The largest absolute Gasteiger partial charge is 0.372 e. The molecule has 0 saturated carbocycles. The minimum absolute atomic E-state index is 0.0345. The van der Waals surface area contributed by atoms with Gasteiger partial charge in [0.25, 0.3) is 11.8 Å². The molecule has 2 aliphatic rings. The number of unbranched alkanes of at least 4 members (excludes halogenated alkanes) is 2. The van der Waals surface area contributed by atoms with Gasteiger partial charge in [-0.2, -0.15) is 0 Å². The molecule has 2 heterocycles. The Morgan fingerprint density at radius 3 is 2.26 bits per heavy atom. The lowest BCUT2D eigenvalue weighted by atomic mass is 10.0. The number of imide groups is 1. The molecule has 0 radical (unpaired) electrons. The molecule has 2 unspecified atom stereocenters. The van der Waals surface area contributed by atoms with Crippen molar-refractivity contribution in [2.75, 3.05) is 19.6 Å². The van der Waals surface area contributed by atoms with Gasteiger partial charge in [0.2, 0.25) is 0 Å². The SMILES string of the molecule is CCCCCN1C(=O)C(c2ccc(F)cc2)=C(N2CC(C)OC(C)C2)C1=O. The third kappa shape index (κ3) is 4.05. The first-order valence-corrected chi connectivity index (χ1v) is 9.69. The minimum Gasteiger partial charge on any atom is -0.372 e. The lowest BCUT2D eigenvalue weighted by Gasteiger charge is -2.37. The highest BCUT2D eigenvalue weighted by Gasteiger charge is 2.42. The summed E-state index contributed by atoms with van der Waals surface area (Å²) in [5, 5.41) is 0. The molecule has 0 N–H and O–H groups in total. The molecule has 0 aromatic heterocycles. The van der Waals surface area contributed by atoms with Crippen molar-refractivity contribution in [3.05, 3.63) is 41.3 Å². The van der Waals surface area contributed by atoms with Gasteiger partial charge in [0, 0.05) is 19.6 Å². The molecule has 2 atom stereocenters. The monoisotopic (exact) mass is 374 g/mol. The molecule has 0 spiro atoms. The van der Waals surface area contributed by atoms with Crippen LogP contribution in [0.25, 0.3) is 5.57 Å². The molecule has 3 rings (SSSR count). The van der Waals surface area contributed by atoms with Gasteiger partial charge in [-0.3, -0.25) is 14.5 Å². The highest BCUT2D eigenvalue weighted by molar-refractivity contribution is 6.35. The number of nitrogens with zero attached hydrogens (tertiary/aromatic N) is 2. The second kappa shape index (κ2) is 8.21. The number of rotatable bonds is 6. The second-order valence-electron chi connectivity index (χ2n) is 7.36. The summed E-state index contributed by atoms with van der Waals surface area (Å²) in [6.07, 6.45) is 2.69. The predicted molar refractivity (Wildman–Crippen MR) is 101 cm³/mol. The molecule has 2 aliphatic heterocycles. The van der Waals surface area contributed by atoms with Crippen molar-refractivity contribution >= 4 is 17.4 Å². The molecule has 27 heavy (non-hydrogen) atoms. The fourth-order valence-electron chi connectivity index (χ4n) is 3.82. The van der Waals surface area contributed by atoms with Gasteiger partial charge in [0.1, 0.15) is 11.5 Å². The standard InChI is InChI=1S/C21H27FN2O3/c1-4-5-6-11-24-20(25)18(16-7-9-17(22)10-8-16)19(21(24)26)23-12-14(2)27-15(3)13-23/h7-10,14-15H,4-6,11-13H2,1-3H3. The third-order valence-corrected chi connectivity index (χ3v) is 5.00. The average molecular weight is 374 g/mol.